The number of nitrogens with one attached hydrogen (secondary N) is 1. The molecule has 0 spiro atoms. The van der Waals surface area contributed by atoms with Crippen LogP contribution in [0.1, 0.15) is 87.4 Å². The molecule has 0 radical (unpaired) electrons. The van der Waals surface area contributed by atoms with E-state index in [0.717, 1.165) is 30.6 Å². The molecule has 160 valence electrons. The number of carbonyl (C=O) groups is 2. The van der Waals surface area contributed by atoms with Gasteiger partial charge < -0.3 is 10.2 Å². The summed E-state index contributed by atoms with van der Waals surface area (Å²) in [7, 11) is 1.94. The van der Waals surface area contributed by atoms with Gasteiger partial charge in [-0.05, 0) is 37.8 Å². The summed E-state index contributed by atoms with van der Waals surface area (Å²) < 4.78 is 0. The summed E-state index contributed by atoms with van der Waals surface area (Å²) >= 11 is 1.49. The average molecular weight is 417 g/mol. The normalized spacial score (nSPS) is 19.2. The second-order valence-electron chi connectivity index (χ2n) is 8.60. The van der Waals surface area contributed by atoms with Crippen LogP contribution in [0.2, 0.25) is 0 Å². The van der Waals surface area contributed by atoms with Crippen molar-refractivity contribution in [2.75, 3.05) is 12.8 Å². The van der Waals surface area contributed by atoms with Gasteiger partial charge in [-0.3, -0.25) is 9.59 Å². The van der Waals surface area contributed by atoms with Crippen molar-refractivity contribution in [1.82, 2.24) is 10.2 Å². The van der Waals surface area contributed by atoms with E-state index >= 15 is 0 Å². The molecule has 4 nitrogen and oxygen atoms in total. The molecular formula is C24H36N2O2S. The van der Waals surface area contributed by atoms with Crippen LogP contribution >= 0.6 is 11.8 Å². The topological polar surface area (TPSA) is 49.4 Å². The lowest BCUT2D eigenvalue weighted by Gasteiger charge is -2.31. The smallest absolute Gasteiger partial charge is 0.252 e. The van der Waals surface area contributed by atoms with E-state index in [4.69, 9.17) is 0 Å². The monoisotopic (exact) mass is 416 g/mol. The Balaban J connectivity index is 1.56. The molecule has 2 fully saturated rings. The summed E-state index contributed by atoms with van der Waals surface area (Å²) in [6.07, 6.45) is 14.4. The maximum absolute atomic E-state index is 12.9. The lowest BCUT2D eigenvalue weighted by molar-refractivity contribution is -0.129. The average Bonchev–Trinajstić information content (AvgIpc) is 2.74. The Hall–Kier alpha value is -1.49. The van der Waals surface area contributed by atoms with E-state index in [1.54, 1.807) is 0 Å². The molecule has 0 atom stereocenters. The molecular weight excluding hydrogens is 380 g/mol. The van der Waals surface area contributed by atoms with Crippen LogP contribution in [0.5, 0.6) is 0 Å². The molecule has 1 N–H and O–H groups in total. The van der Waals surface area contributed by atoms with E-state index < -0.39 is 0 Å². The van der Waals surface area contributed by atoms with Gasteiger partial charge in [-0.25, -0.2) is 0 Å². The van der Waals surface area contributed by atoms with Crippen LogP contribution in [0, 0.1) is 0 Å². The molecule has 2 saturated carbocycles. The van der Waals surface area contributed by atoms with Crippen molar-refractivity contribution in [1.29, 1.82) is 0 Å². The Morgan fingerprint density at radius 2 is 1.52 bits per heavy atom. The van der Waals surface area contributed by atoms with Crippen molar-refractivity contribution in [3.63, 3.8) is 0 Å². The third kappa shape index (κ3) is 6.77. The SMILES string of the molecule is CN(C(=O)CSc1ccccc1C(=O)NC1CCCCCCC1)C1CCCCC1. The summed E-state index contributed by atoms with van der Waals surface area (Å²) in [5.41, 5.74) is 0.702. The van der Waals surface area contributed by atoms with Crippen molar-refractivity contribution in [2.24, 2.45) is 0 Å². The number of amides is 2. The van der Waals surface area contributed by atoms with Crippen LogP contribution in [-0.4, -0.2) is 41.6 Å². The summed E-state index contributed by atoms with van der Waals surface area (Å²) in [5, 5.41) is 3.26. The van der Waals surface area contributed by atoms with Gasteiger partial charge in [0.15, 0.2) is 0 Å². The predicted molar refractivity (Wildman–Crippen MR) is 120 cm³/mol. The van der Waals surface area contributed by atoms with Crippen LogP contribution in [0.3, 0.4) is 0 Å². The molecule has 0 bridgehead atoms. The molecule has 0 heterocycles. The quantitative estimate of drug-likeness (QED) is 0.631. The van der Waals surface area contributed by atoms with Crippen LogP contribution < -0.4 is 5.32 Å². The molecule has 0 saturated heterocycles. The number of benzene rings is 1. The highest BCUT2D eigenvalue weighted by molar-refractivity contribution is 8.00. The van der Waals surface area contributed by atoms with Crippen LogP contribution in [-0.2, 0) is 4.79 Å². The lowest BCUT2D eigenvalue weighted by atomic mass is 9.94. The number of hydrogen-bond donors (Lipinski definition) is 1. The molecule has 2 aliphatic carbocycles. The minimum Gasteiger partial charge on any atom is -0.349 e. The summed E-state index contributed by atoms with van der Waals surface area (Å²) in [6, 6.07) is 8.37. The molecule has 1 aromatic rings. The van der Waals surface area contributed by atoms with E-state index in [9.17, 15) is 9.59 Å². The second-order valence-corrected chi connectivity index (χ2v) is 9.61. The first kappa shape index (κ1) is 22.2. The lowest BCUT2D eigenvalue weighted by Crippen LogP contribution is -2.39. The zero-order valence-electron chi connectivity index (χ0n) is 17.8. The molecule has 0 unspecified atom stereocenters. The van der Waals surface area contributed by atoms with Crippen molar-refractivity contribution >= 4 is 23.6 Å². The van der Waals surface area contributed by atoms with E-state index in [-0.39, 0.29) is 17.9 Å². The fraction of sp³-hybridized carbons (Fsp3) is 0.667. The second kappa shape index (κ2) is 11.6. The molecule has 3 rings (SSSR count). The van der Waals surface area contributed by atoms with Crippen molar-refractivity contribution in [3.05, 3.63) is 29.8 Å². The molecule has 2 amide bonds. The Labute approximate surface area is 180 Å². The minimum atomic E-state index is 0.00626. The minimum absolute atomic E-state index is 0.00626. The first-order valence-electron chi connectivity index (χ1n) is 11.4. The number of thioether (sulfide) groups is 1. The highest BCUT2D eigenvalue weighted by Crippen LogP contribution is 2.26. The van der Waals surface area contributed by atoms with Gasteiger partial charge >= 0.3 is 0 Å². The van der Waals surface area contributed by atoms with Gasteiger partial charge in [-0.15, -0.1) is 11.8 Å². The van der Waals surface area contributed by atoms with E-state index in [0.29, 0.717) is 17.4 Å². The van der Waals surface area contributed by atoms with Crippen molar-refractivity contribution < 1.29 is 9.59 Å². The first-order chi connectivity index (χ1) is 14.1. The molecule has 0 aliphatic heterocycles. The highest BCUT2D eigenvalue weighted by Gasteiger charge is 2.23. The standard InChI is InChI=1S/C24H36N2O2S/c1-26(20-14-8-5-9-15-20)23(27)18-29-22-17-11-10-16-21(22)24(28)25-19-12-6-3-2-4-7-13-19/h10-11,16-17,19-20H,2-9,12-15,18H2,1H3,(H,25,28). The number of carbonyl (C=O) groups excluding carboxylic acids is 2. The Morgan fingerprint density at radius 1 is 0.931 bits per heavy atom. The first-order valence-corrected chi connectivity index (χ1v) is 12.4. The molecule has 29 heavy (non-hydrogen) atoms. The summed E-state index contributed by atoms with van der Waals surface area (Å²) in [6.45, 7) is 0. The zero-order chi connectivity index (χ0) is 20.5. The van der Waals surface area contributed by atoms with Crippen molar-refractivity contribution in [2.45, 2.75) is 94.0 Å². The van der Waals surface area contributed by atoms with Crippen LogP contribution in [0.25, 0.3) is 0 Å². The van der Waals surface area contributed by atoms with Gasteiger partial charge in [0.25, 0.3) is 5.91 Å². The number of rotatable bonds is 6. The van der Waals surface area contributed by atoms with Gasteiger partial charge in [0.05, 0.1) is 11.3 Å². The highest BCUT2D eigenvalue weighted by atomic mass is 32.2. The van der Waals surface area contributed by atoms with E-state index in [1.165, 1.54) is 63.1 Å². The Kier molecular flexibility index (Phi) is 8.91. The van der Waals surface area contributed by atoms with Crippen LogP contribution in [0.4, 0.5) is 0 Å². The van der Waals surface area contributed by atoms with E-state index in [1.807, 2.05) is 36.2 Å². The number of hydrogen-bond acceptors (Lipinski definition) is 3. The Morgan fingerprint density at radius 3 is 2.24 bits per heavy atom. The third-order valence-electron chi connectivity index (χ3n) is 6.44. The fourth-order valence-electron chi connectivity index (χ4n) is 4.56. The zero-order valence-corrected chi connectivity index (χ0v) is 18.6. The van der Waals surface area contributed by atoms with Gasteiger partial charge in [0.2, 0.25) is 5.91 Å². The largest absolute Gasteiger partial charge is 0.349 e. The maximum Gasteiger partial charge on any atom is 0.252 e. The van der Waals surface area contributed by atoms with Gasteiger partial charge in [-0.2, -0.15) is 0 Å². The maximum atomic E-state index is 12.9. The third-order valence-corrected chi connectivity index (χ3v) is 7.50. The summed E-state index contributed by atoms with van der Waals surface area (Å²) in [4.78, 5) is 28.5. The fourth-order valence-corrected chi connectivity index (χ4v) is 5.53. The predicted octanol–water partition coefficient (Wildman–Crippen LogP) is 5.41. The molecule has 0 aromatic heterocycles. The van der Waals surface area contributed by atoms with Gasteiger partial charge in [-0.1, -0.05) is 63.5 Å². The summed E-state index contributed by atoms with van der Waals surface area (Å²) in [5.74, 6) is 0.560. The van der Waals surface area contributed by atoms with Crippen LogP contribution in [0.15, 0.2) is 29.2 Å². The van der Waals surface area contributed by atoms with Crippen molar-refractivity contribution in [3.8, 4) is 0 Å². The van der Waals surface area contributed by atoms with Gasteiger partial charge in [0.1, 0.15) is 0 Å². The number of nitrogens with zero attached hydrogens (tertiary/aromatic N) is 1. The molecule has 1 aromatic carbocycles. The molecule has 5 heteroatoms. The Bertz CT molecular complexity index is 665. The molecule has 2 aliphatic rings. The van der Waals surface area contributed by atoms with E-state index in [2.05, 4.69) is 5.32 Å². The van der Waals surface area contributed by atoms with Gasteiger partial charge in [0, 0.05) is 24.0 Å².